The van der Waals surface area contributed by atoms with Crippen LogP contribution >= 0.6 is 0 Å². The molecule has 31 heavy (non-hydrogen) atoms. The van der Waals surface area contributed by atoms with Gasteiger partial charge in [-0.05, 0) is 54.0 Å². The predicted octanol–water partition coefficient (Wildman–Crippen LogP) is 9.39. The minimum atomic E-state index is 0.837. The molecule has 170 valence electrons. The number of rotatable bonds is 14. The Hall–Kier alpha value is -1.76. The summed E-state index contributed by atoms with van der Waals surface area (Å²) in [5.41, 5.74) is 4.06. The summed E-state index contributed by atoms with van der Waals surface area (Å²) in [6.07, 6.45) is 20.6. The maximum atomic E-state index is 5.95. The average molecular weight is 421 g/mol. The topological polar surface area (TPSA) is 9.23 Å². The van der Waals surface area contributed by atoms with E-state index in [-0.39, 0.29) is 0 Å². The molecule has 1 heteroatoms. The van der Waals surface area contributed by atoms with Crippen molar-refractivity contribution in [1.82, 2.24) is 0 Å². The first-order valence-corrected chi connectivity index (χ1v) is 13.2. The molecule has 0 aromatic heterocycles. The van der Waals surface area contributed by atoms with Gasteiger partial charge < -0.3 is 4.74 Å². The highest BCUT2D eigenvalue weighted by Gasteiger charge is 2.13. The quantitative estimate of drug-likeness (QED) is 0.276. The van der Waals surface area contributed by atoms with Crippen LogP contribution in [0.3, 0.4) is 0 Å². The molecule has 2 aromatic carbocycles. The number of benzene rings is 2. The molecule has 0 radical (unpaired) electrons. The number of unbranched alkanes of at least 4 members (excludes halogenated alkanes) is 7. The van der Waals surface area contributed by atoms with Crippen LogP contribution in [-0.4, -0.2) is 6.61 Å². The van der Waals surface area contributed by atoms with Gasteiger partial charge in [0.15, 0.2) is 0 Å². The van der Waals surface area contributed by atoms with Crippen LogP contribution in [0.5, 0.6) is 5.75 Å². The van der Waals surface area contributed by atoms with Crippen molar-refractivity contribution in [3.05, 3.63) is 54.1 Å². The lowest BCUT2D eigenvalue weighted by molar-refractivity contribution is 0.304. The fourth-order valence-corrected chi connectivity index (χ4v) is 4.88. The Labute approximate surface area is 191 Å². The zero-order valence-electron chi connectivity index (χ0n) is 19.9. The molecule has 0 atom stereocenters. The third kappa shape index (κ3) is 9.09. The van der Waals surface area contributed by atoms with E-state index in [4.69, 9.17) is 4.74 Å². The number of hydrogen-bond donors (Lipinski definition) is 0. The summed E-state index contributed by atoms with van der Waals surface area (Å²) in [5.74, 6) is 1.96. The number of ether oxygens (including phenoxy) is 1. The maximum absolute atomic E-state index is 5.95. The second-order valence-electron chi connectivity index (χ2n) is 9.59. The van der Waals surface area contributed by atoms with Crippen molar-refractivity contribution in [2.45, 2.75) is 103 Å². The van der Waals surface area contributed by atoms with Crippen LogP contribution in [-0.2, 0) is 6.42 Å². The van der Waals surface area contributed by atoms with Gasteiger partial charge >= 0.3 is 0 Å². The van der Waals surface area contributed by atoms with Crippen LogP contribution in [0.25, 0.3) is 11.1 Å². The predicted molar refractivity (Wildman–Crippen MR) is 135 cm³/mol. The minimum Gasteiger partial charge on any atom is -0.494 e. The molecule has 3 rings (SSSR count). The Morgan fingerprint density at radius 1 is 0.677 bits per heavy atom. The van der Waals surface area contributed by atoms with Crippen LogP contribution < -0.4 is 4.74 Å². The number of aryl methyl sites for hydroxylation is 1. The molecule has 0 aliphatic heterocycles. The molecule has 1 saturated carbocycles. The van der Waals surface area contributed by atoms with Crippen molar-refractivity contribution in [2.75, 3.05) is 6.61 Å². The SMILES string of the molecule is CCCCCCCCCCOc1ccc(-c2ccc(CCC3CCCCC3)cc2)cc1. The van der Waals surface area contributed by atoms with Crippen molar-refractivity contribution < 1.29 is 4.74 Å². The van der Waals surface area contributed by atoms with Crippen LogP contribution in [0.2, 0.25) is 0 Å². The third-order valence-corrected chi connectivity index (χ3v) is 6.97. The van der Waals surface area contributed by atoms with Crippen molar-refractivity contribution >= 4 is 0 Å². The molecule has 0 heterocycles. The lowest BCUT2D eigenvalue weighted by atomic mass is 9.85. The summed E-state index contributed by atoms with van der Waals surface area (Å²) < 4.78 is 5.95. The van der Waals surface area contributed by atoms with Crippen molar-refractivity contribution in [2.24, 2.45) is 5.92 Å². The summed E-state index contributed by atoms with van der Waals surface area (Å²) in [6.45, 7) is 3.11. The van der Waals surface area contributed by atoms with Gasteiger partial charge in [-0.15, -0.1) is 0 Å². The Morgan fingerprint density at radius 2 is 1.26 bits per heavy atom. The summed E-state index contributed by atoms with van der Waals surface area (Å²) in [7, 11) is 0. The van der Waals surface area contributed by atoms with Crippen molar-refractivity contribution in [3.63, 3.8) is 0 Å². The Bertz CT molecular complexity index is 694. The van der Waals surface area contributed by atoms with Gasteiger partial charge in [0, 0.05) is 0 Å². The van der Waals surface area contributed by atoms with Gasteiger partial charge in [-0.1, -0.05) is 120 Å². The highest BCUT2D eigenvalue weighted by atomic mass is 16.5. The highest BCUT2D eigenvalue weighted by Crippen LogP contribution is 2.28. The van der Waals surface area contributed by atoms with E-state index >= 15 is 0 Å². The smallest absolute Gasteiger partial charge is 0.119 e. The first-order chi connectivity index (χ1) is 15.3. The Kier molecular flexibility index (Phi) is 11.0. The first kappa shape index (κ1) is 23.9. The van der Waals surface area contributed by atoms with E-state index in [1.165, 1.54) is 107 Å². The van der Waals surface area contributed by atoms with Crippen LogP contribution in [0.1, 0.15) is 102 Å². The molecular weight excluding hydrogens is 376 g/mol. The highest BCUT2D eigenvalue weighted by molar-refractivity contribution is 5.64. The van der Waals surface area contributed by atoms with Gasteiger partial charge in [0.05, 0.1) is 6.61 Å². The van der Waals surface area contributed by atoms with Gasteiger partial charge in [0.1, 0.15) is 5.75 Å². The molecule has 0 unspecified atom stereocenters. The summed E-state index contributed by atoms with van der Waals surface area (Å²) >= 11 is 0. The van der Waals surface area contributed by atoms with Gasteiger partial charge in [-0.25, -0.2) is 0 Å². The summed E-state index contributed by atoms with van der Waals surface area (Å²) in [5, 5.41) is 0. The Morgan fingerprint density at radius 3 is 1.90 bits per heavy atom. The zero-order valence-corrected chi connectivity index (χ0v) is 19.9. The van der Waals surface area contributed by atoms with E-state index in [1.807, 2.05) is 0 Å². The molecule has 0 bridgehead atoms. The van der Waals surface area contributed by atoms with E-state index in [2.05, 4.69) is 55.5 Å². The average Bonchev–Trinajstić information content (AvgIpc) is 2.83. The minimum absolute atomic E-state index is 0.837. The van der Waals surface area contributed by atoms with Crippen LogP contribution in [0.15, 0.2) is 48.5 Å². The van der Waals surface area contributed by atoms with Gasteiger partial charge in [0.2, 0.25) is 0 Å². The van der Waals surface area contributed by atoms with Gasteiger partial charge in [-0.3, -0.25) is 0 Å². The lowest BCUT2D eigenvalue weighted by Crippen LogP contribution is -2.07. The first-order valence-electron chi connectivity index (χ1n) is 13.2. The third-order valence-electron chi connectivity index (χ3n) is 6.97. The molecule has 2 aromatic rings. The largest absolute Gasteiger partial charge is 0.494 e. The van der Waals surface area contributed by atoms with E-state index in [0.717, 1.165) is 24.7 Å². The van der Waals surface area contributed by atoms with Gasteiger partial charge in [-0.2, -0.15) is 0 Å². The normalized spacial score (nSPS) is 14.6. The summed E-state index contributed by atoms with van der Waals surface area (Å²) in [4.78, 5) is 0. The zero-order chi connectivity index (χ0) is 21.6. The lowest BCUT2D eigenvalue weighted by Gasteiger charge is -2.21. The fourth-order valence-electron chi connectivity index (χ4n) is 4.88. The molecule has 0 spiro atoms. The molecule has 1 aliphatic carbocycles. The fraction of sp³-hybridized carbons (Fsp3) is 0.600. The standard InChI is InChI=1S/C30H44O/c1-2-3-4-5-6-7-8-12-25-31-30-23-21-29(22-24-30)28-19-17-27(18-20-28)16-15-26-13-10-9-11-14-26/h17-24,26H,2-16,25H2,1H3. The van der Waals surface area contributed by atoms with Gasteiger partial charge in [0.25, 0.3) is 0 Å². The monoisotopic (exact) mass is 420 g/mol. The van der Waals surface area contributed by atoms with E-state index in [1.54, 1.807) is 0 Å². The second-order valence-corrected chi connectivity index (χ2v) is 9.59. The maximum Gasteiger partial charge on any atom is 0.119 e. The van der Waals surface area contributed by atoms with E-state index < -0.39 is 0 Å². The molecule has 1 aliphatic rings. The molecular formula is C30H44O. The molecule has 0 N–H and O–H groups in total. The van der Waals surface area contributed by atoms with Crippen molar-refractivity contribution in [3.8, 4) is 16.9 Å². The number of hydrogen-bond acceptors (Lipinski definition) is 1. The van der Waals surface area contributed by atoms with Crippen LogP contribution in [0.4, 0.5) is 0 Å². The molecule has 1 fully saturated rings. The molecule has 1 nitrogen and oxygen atoms in total. The molecule has 0 amide bonds. The van der Waals surface area contributed by atoms with E-state index in [9.17, 15) is 0 Å². The van der Waals surface area contributed by atoms with E-state index in [0.29, 0.717) is 0 Å². The summed E-state index contributed by atoms with van der Waals surface area (Å²) in [6, 6.07) is 17.9. The molecule has 0 saturated heterocycles. The second kappa shape index (κ2) is 14.3. The van der Waals surface area contributed by atoms with Crippen molar-refractivity contribution in [1.29, 1.82) is 0 Å². The van der Waals surface area contributed by atoms with Crippen LogP contribution in [0, 0.1) is 5.92 Å². The Balaban J connectivity index is 1.33.